The summed E-state index contributed by atoms with van der Waals surface area (Å²) in [6, 6.07) is 7.74. The first kappa shape index (κ1) is 17.5. The fraction of sp³-hybridized carbons (Fsp3) is 0.400. The number of nitrogens with zero attached hydrogens (tertiary/aromatic N) is 1. The number of carbonyl (C=O) groups excluding carboxylic acids is 4. The van der Waals surface area contributed by atoms with Crippen molar-refractivity contribution in [2.45, 2.75) is 19.4 Å². The second-order valence-corrected chi connectivity index (χ2v) is 7.24. The van der Waals surface area contributed by atoms with Crippen molar-refractivity contribution >= 4 is 29.4 Å². The molecule has 7 heteroatoms. The van der Waals surface area contributed by atoms with Crippen molar-refractivity contribution in [1.82, 2.24) is 4.90 Å². The third kappa shape index (κ3) is 2.93. The first-order valence-corrected chi connectivity index (χ1v) is 9.04. The summed E-state index contributed by atoms with van der Waals surface area (Å²) < 4.78 is 5.03. The molecule has 1 aromatic carbocycles. The van der Waals surface area contributed by atoms with Gasteiger partial charge in [-0.05, 0) is 37.3 Å². The van der Waals surface area contributed by atoms with Gasteiger partial charge in [0.25, 0.3) is 5.91 Å². The number of rotatable bonds is 5. The number of allylic oxidation sites excluding steroid dienone is 2. The minimum Gasteiger partial charge on any atom is -0.454 e. The summed E-state index contributed by atoms with van der Waals surface area (Å²) in [5.41, 5.74) is 0.590. The molecule has 1 heterocycles. The zero-order valence-electron chi connectivity index (χ0n) is 14.8. The Kier molecular flexibility index (Phi) is 4.30. The maximum absolute atomic E-state index is 12.7. The van der Waals surface area contributed by atoms with Crippen LogP contribution >= 0.6 is 0 Å². The van der Waals surface area contributed by atoms with Crippen LogP contribution in [0, 0.1) is 23.7 Å². The molecule has 4 rings (SSSR count). The minimum absolute atomic E-state index is 0.0846. The van der Waals surface area contributed by atoms with Gasteiger partial charge in [-0.15, -0.1) is 0 Å². The van der Waals surface area contributed by atoms with E-state index in [0.717, 1.165) is 11.3 Å². The van der Waals surface area contributed by atoms with Crippen molar-refractivity contribution in [3.63, 3.8) is 0 Å². The van der Waals surface area contributed by atoms with Gasteiger partial charge in [-0.3, -0.25) is 19.3 Å². The van der Waals surface area contributed by atoms with Gasteiger partial charge in [0.2, 0.25) is 11.8 Å². The molecule has 7 nitrogen and oxygen atoms in total. The predicted octanol–water partition coefficient (Wildman–Crippen LogP) is 1.36. The van der Waals surface area contributed by atoms with Gasteiger partial charge in [-0.25, -0.2) is 4.79 Å². The molecule has 140 valence electrons. The molecular weight excluding hydrogens is 348 g/mol. The van der Waals surface area contributed by atoms with Gasteiger partial charge in [-0.2, -0.15) is 0 Å². The van der Waals surface area contributed by atoms with Gasteiger partial charge in [0.05, 0.1) is 11.8 Å². The van der Waals surface area contributed by atoms with E-state index in [4.69, 9.17) is 4.74 Å². The average molecular weight is 368 g/mol. The van der Waals surface area contributed by atoms with Gasteiger partial charge in [0.1, 0.15) is 6.04 Å². The second-order valence-electron chi connectivity index (χ2n) is 7.24. The SMILES string of the molecule is C[C@H](C(=O)OCC(=O)Nc1ccccc1)N1C(=O)[C@@H]2[C@H](C1=O)[C@H]1C=C[C@H]2C1. The Labute approximate surface area is 156 Å². The van der Waals surface area contributed by atoms with Crippen molar-refractivity contribution < 1.29 is 23.9 Å². The van der Waals surface area contributed by atoms with Gasteiger partial charge in [0, 0.05) is 5.69 Å². The van der Waals surface area contributed by atoms with Gasteiger partial charge in [-0.1, -0.05) is 30.4 Å². The number of nitrogens with one attached hydrogen (secondary N) is 1. The minimum atomic E-state index is -1.04. The number of benzene rings is 1. The quantitative estimate of drug-likeness (QED) is 0.481. The van der Waals surface area contributed by atoms with Crippen LogP contribution < -0.4 is 5.32 Å². The number of para-hydroxylation sites is 1. The number of anilines is 1. The molecule has 2 aliphatic carbocycles. The fourth-order valence-electron chi connectivity index (χ4n) is 4.39. The number of hydrogen-bond donors (Lipinski definition) is 1. The molecule has 1 saturated carbocycles. The highest BCUT2D eigenvalue weighted by molar-refractivity contribution is 6.09. The fourth-order valence-corrected chi connectivity index (χ4v) is 4.39. The smallest absolute Gasteiger partial charge is 0.329 e. The van der Waals surface area contributed by atoms with Crippen LogP contribution in [0.2, 0.25) is 0 Å². The Bertz CT molecular complexity index is 804. The number of imide groups is 1. The van der Waals surface area contributed by atoms with Gasteiger partial charge < -0.3 is 10.1 Å². The second kappa shape index (κ2) is 6.64. The van der Waals surface area contributed by atoms with Crippen molar-refractivity contribution in [2.24, 2.45) is 23.7 Å². The molecule has 1 N–H and O–H groups in total. The van der Waals surface area contributed by atoms with Crippen molar-refractivity contribution in [3.05, 3.63) is 42.5 Å². The monoisotopic (exact) mass is 368 g/mol. The van der Waals surface area contributed by atoms with Crippen LogP contribution in [0.4, 0.5) is 5.69 Å². The topological polar surface area (TPSA) is 92.8 Å². The van der Waals surface area contributed by atoms with Crippen LogP contribution in [-0.4, -0.2) is 41.2 Å². The van der Waals surface area contributed by atoms with Crippen molar-refractivity contribution in [3.8, 4) is 0 Å². The van der Waals surface area contributed by atoms with E-state index in [9.17, 15) is 19.2 Å². The highest BCUT2D eigenvalue weighted by atomic mass is 16.5. The zero-order valence-corrected chi connectivity index (χ0v) is 14.8. The predicted molar refractivity (Wildman–Crippen MR) is 95.1 cm³/mol. The summed E-state index contributed by atoms with van der Waals surface area (Å²) in [6.07, 6.45) is 4.83. The van der Waals surface area contributed by atoms with Crippen LogP contribution in [0.15, 0.2) is 42.5 Å². The molecule has 0 aromatic heterocycles. The number of likely N-dealkylation sites (tertiary alicyclic amines) is 1. The summed E-state index contributed by atoms with van der Waals surface area (Å²) in [6.45, 7) is 0.984. The first-order chi connectivity index (χ1) is 13.0. The maximum Gasteiger partial charge on any atom is 0.329 e. The van der Waals surface area contributed by atoms with Gasteiger partial charge >= 0.3 is 5.97 Å². The van der Waals surface area contributed by atoms with Gasteiger partial charge in [0.15, 0.2) is 6.61 Å². The van der Waals surface area contributed by atoms with Crippen LogP contribution in [0.1, 0.15) is 13.3 Å². The molecule has 3 amide bonds. The molecule has 1 aliphatic heterocycles. The van der Waals surface area contributed by atoms with Crippen LogP contribution in [0.5, 0.6) is 0 Å². The lowest BCUT2D eigenvalue weighted by Gasteiger charge is -2.23. The average Bonchev–Trinajstić information content (AvgIpc) is 3.34. The number of carbonyl (C=O) groups is 4. The van der Waals surface area contributed by atoms with E-state index in [1.54, 1.807) is 24.3 Å². The Morgan fingerprint density at radius 2 is 1.70 bits per heavy atom. The Morgan fingerprint density at radius 3 is 2.30 bits per heavy atom. The molecule has 0 spiro atoms. The van der Waals surface area contributed by atoms with E-state index in [2.05, 4.69) is 5.32 Å². The lowest BCUT2D eigenvalue weighted by Crippen LogP contribution is -2.45. The van der Waals surface area contributed by atoms with Crippen LogP contribution in [0.25, 0.3) is 0 Å². The summed E-state index contributed by atoms with van der Waals surface area (Å²) in [5.74, 6) is -2.41. The summed E-state index contributed by atoms with van der Waals surface area (Å²) in [7, 11) is 0. The standard InChI is InChI=1S/C20H20N2O5/c1-11(20(26)27-10-15(23)21-14-5-3-2-4-6-14)22-18(24)16-12-7-8-13(9-12)17(16)19(22)25/h2-8,11-13,16-17H,9-10H2,1H3,(H,21,23)/t11-,12+,13+,16-,17+/m1/s1. The highest BCUT2D eigenvalue weighted by Crippen LogP contribution is 2.52. The third-order valence-electron chi connectivity index (χ3n) is 5.64. The Morgan fingerprint density at radius 1 is 1.11 bits per heavy atom. The molecule has 0 radical (unpaired) electrons. The number of hydrogen-bond acceptors (Lipinski definition) is 5. The normalized spacial score (nSPS) is 29.0. The molecule has 1 saturated heterocycles. The van der Waals surface area contributed by atoms with E-state index in [1.165, 1.54) is 6.92 Å². The van der Waals surface area contributed by atoms with E-state index in [1.807, 2.05) is 18.2 Å². The summed E-state index contributed by atoms with van der Waals surface area (Å²) >= 11 is 0. The largest absolute Gasteiger partial charge is 0.454 e. The number of ether oxygens (including phenoxy) is 1. The van der Waals surface area contributed by atoms with Crippen LogP contribution in [-0.2, 0) is 23.9 Å². The Hall–Kier alpha value is -2.96. The molecule has 3 aliphatic rings. The first-order valence-electron chi connectivity index (χ1n) is 9.04. The molecule has 27 heavy (non-hydrogen) atoms. The Balaban J connectivity index is 1.35. The number of amides is 3. The molecule has 2 bridgehead atoms. The highest BCUT2D eigenvalue weighted by Gasteiger charge is 2.60. The molecule has 1 aromatic rings. The lowest BCUT2D eigenvalue weighted by atomic mass is 9.85. The lowest BCUT2D eigenvalue weighted by molar-refractivity contribution is -0.159. The van der Waals surface area contributed by atoms with E-state index in [-0.39, 0.29) is 35.5 Å². The van der Waals surface area contributed by atoms with Crippen LogP contribution in [0.3, 0.4) is 0 Å². The maximum atomic E-state index is 12.7. The molecule has 5 atom stereocenters. The number of fused-ring (bicyclic) bond motifs is 5. The molecular formula is C20H20N2O5. The van der Waals surface area contributed by atoms with E-state index in [0.29, 0.717) is 5.69 Å². The third-order valence-corrected chi connectivity index (χ3v) is 5.64. The molecule has 2 fully saturated rings. The zero-order chi connectivity index (χ0) is 19.1. The van der Waals surface area contributed by atoms with E-state index < -0.39 is 24.5 Å². The van der Waals surface area contributed by atoms with Crippen molar-refractivity contribution in [1.29, 1.82) is 0 Å². The summed E-state index contributed by atoms with van der Waals surface area (Å²) in [5, 5.41) is 2.60. The van der Waals surface area contributed by atoms with Crippen molar-refractivity contribution in [2.75, 3.05) is 11.9 Å². The number of esters is 1. The summed E-state index contributed by atoms with van der Waals surface area (Å²) in [4.78, 5) is 50.6. The molecule has 0 unspecified atom stereocenters. The van der Waals surface area contributed by atoms with E-state index >= 15 is 0 Å².